The van der Waals surface area contributed by atoms with Crippen LogP contribution in [-0.4, -0.2) is 57.7 Å². The Hall–Kier alpha value is -2.43. The zero-order chi connectivity index (χ0) is 28.3. The number of carboxylic acids is 1. The van der Waals surface area contributed by atoms with Crippen molar-refractivity contribution in [2.45, 2.75) is 77.6 Å². The van der Waals surface area contributed by atoms with Gasteiger partial charge in [0.05, 0.1) is 17.9 Å². The van der Waals surface area contributed by atoms with Crippen LogP contribution in [0.15, 0.2) is 39.4 Å². The monoisotopic (exact) mass is 601 g/mol. The van der Waals surface area contributed by atoms with Crippen molar-refractivity contribution in [3.8, 4) is 5.75 Å². The predicted octanol–water partition coefficient (Wildman–Crippen LogP) is 5.19. The minimum absolute atomic E-state index is 0.0837. The zero-order valence-electron chi connectivity index (χ0n) is 22.6. The van der Waals surface area contributed by atoms with E-state index in [0.29, 0.717) is 51.4 Å². The van der Waals surface area contributed by atoms with Gasteiger partial charge in [0.1, 0.15) is 5.75 Å². The third-order valence-electron chi connectivity index (χ3n) is 8.29. The van der Waals surface area contributed by atoms with E-state index in [-0.39, 0.29) is 36.0 Å². The number of likely N-dealkylation sites (tertiary alicyclic amines) is 1. The van der Waals surface area contributed by atoms with Crippen molar-refractivity contribution < 1.29 is 34.3 Å². The van der Waals surface area contributed by atoms with Gasteiger partial charge in [0.25, 0.3) is 0 Å². The van der Waals surface area contributed by atoms with Gasteiger partial charge in [-0.3, -0.25) is 19.3 Å². The smallest absolute Gasteiger partial charge is 0.455 e. The molecule has 0 bridgehead atoms. The Morgan fingerprint density at radius 3 is 2.67 bits per heavy atom. The number of carboxylic acid groups (broad SMARTS) is 1. The molecule has 8 nitrogen and oxygen atoms in total. The number of phenolic OH excluding ortho intramolecular Hbond substituents is 1. The standard InChI is InChI=1S/C29H37BBrNO7/c1-3-18-15-21-27(29(37)32(28(21)36)12-6-4-5-7-25(34)35)22-16-30(38)39-24(26(18)22)11-8-17(2)13-19-14-20(31)9-10-23(19)33/h9-10,13-14,21-22,24,27,33,38H,3-8,11-12,15-16H2,1-2H3,(H,34,35)/b17-13+/t21-,22+,24-,27-/m1/s1. The van der Waals surface area contributed by atoms with E-state index in [9.17, 15) is 24.5 Å². The van der Waals surface area contributed by atoms with Crippen molar-refractivity contribution in [1.29, 1.82) is 0 Å². The van der Waals surface area contributed by atoms with Gasteiger partial charge < -0.3 is 19.9 Å². The average Bonchev–Trinajstić information content (AvgIpc) is 3.12. The highest BCUT2D eigenvalue weighted by Crippen LogP contribution is 2.51. The number of fused-ring (bicyclic) bond motifs is 3. The third-order valence-corrected chi connectivity index (χ3v) is 8.78. The Morgan fingerprint density at radius 1 is 1.18 bits per heavy atom. The van der Waals surface area contributed by atoms with E-state index in [4.69, 9.17) is 9.76 Å². The maximum atomic E-state index is 13.5. The van der Waals surface area contributed by atoms with Gasteiger partial charge in [-0.1, -0.05) is 46.5 Å². The number of halogens is 1. The number of nitrogens with zero attached hydrogens (tertiary/aromatic N) is 1. The summed E-state index contributed by atoms with van der Waals surface area (Å²) in [5, 5.41) is 29.7. The number of unbranched alkanes of at least 4 members (excludes halogenated alkanes) is 2. The zero-order valence-corrected chi connectivity index (χ0v) is 24.2. The first-order valence-electron chi connectivity index (χ1n) is 13.9. The Morgan fingerprint density at radius 2 is 1.95 bits per heavy atom. The summed E-state index contributed by atoms with van der Waals surface area (Å²) in [6.45, 7) is 4.36. The molecule has 0 spiro atoms. The number of hydrogen-bond acceptors (Lipinski definition) is 6. The van der Waals surface area contributed by atoms with E-state index in [1.807, 2.05) is 19.1 Å². The number of imide groups is 1. The molecule has 2 heterocycles. The van der Waals surface area contributed by atoms with E-state index in [0.717, 1.165) is 33.2 Å². The molecule has 2 saturated heterocycles. The van der Waals surface area contributed by atoms with Crippen LogP contribution in [0.2, 0.25) is 6.32 Å². The molecule has 4 rings (SSSR count). The van der Waals surface area contributed by atoms with E-state index >= 15 is 0 Å². The summed E-state index contributed by atoms with van der Waals surface area (Å²) in [6, 6.07) is 5.28. The summed E-state index contributed by atoms with van der Waals surface area (Å²) in [7, 11) is -1.01. The Labute approximate surface area is 238 Å². The quantitative estimate of drug-likeness (QED) is 0.138. The van der Waals surface area contributed by atoms with Gasteiger partial charge in [-0.05, 0) is 81.5 Å². The van der Waals surface area contributed by atoms with Crippen LogP contribution < -0.4 is 0 Å². The molecule has 1 aromatic rings. The molecular weight excluding hydrogens is 565 g/mol. The number of aromatic hydroxyl groups is 1. The van der Waals surface area contributed by atoms with E-state index in [1.54, 1.807) is 12.1 Å². The summed E-state index contributed by atoms with van der Waals surface area (Å²) in [4.78, 5) is 39.0. The third kappa shape index (κ3) is 6.66. The molecule has 3 aliphatic rings. The summed E-state index contributed by atoms with van der Waals surface area (Å²) in [6.07, 6.45) is 6.31. The van der Waals surface area contributed by atoms with Crippen molar-refractivity contribution in [3.63, 3.8) is 0 Å². The summed E-state index contributed by atoms with van der Waals surface area (Å²) in [5.41, 5.74) is 3.99. The van der Waals surface area contributed by atoms with Crippen LogP contribution in [0.3, 0.4) is 0 Å². The highest BCUT2D eigenvalue weighted by Gasteiger charge is 2.56. The number of hydrogen-bond donors (Lipinski definition) is 3. The first-order valence-corrected chi connectivity index (χ1v) is 14.7. The Kier molecular flexibility index (Phi) is 9.72. The van der Waals surface area contributed by atoms with E-state index < -0.39 is 24.9 Å². The largest absolute Gasteiger partial charge is 0.507 e. The van der Waals surface area contributed by atoms with Crippen molar-refractivity contribution in [2.75, 3.05) is 6.54 Å². The second-order valence-corrected chi connectivity index (χ2v) is 11.9. The fourth-order valence-electron chi connectivity index (χ4n) is 6.45. The normalized spacial score (nSPS) is 25.3. The van der Waals surface area contributed by atoms with Crippen molar-refractivity contribution in [2.24, 2.45) is 17.8 Å². The minimum atomic E-state index is -1.01. The van der Waals surface area contributed by atoms with Crippen molar-refractivity contribution in [1.82, 2.24) is 4.90 Å². The molecule has 210 valence electrons. The van der Waals surface area contributed by atoms with Crippen LogP contribution in [0, 0.1) is 17.8 Å². The number of carbonyl (C=O) groups is 3. The van der Waals surface area contributed by atoms with E-state index in [1.165, 1.54) is 4.90 Å². The van der Waals surface area contributed by atoms with Gasteiger partial charge >= 0.3 is 13.1 Å². The lowest BCUT2D eigenvalue weighted by Crippen LogP contribution is -2.46. The SMILES string of the molecule is CCC1=C2[C@@H](CC/C(C)=C/c3cc(Br)ccc3O)OB(O)C[C@@H]2[C@@H]2C(=O)N(CCCCCC(=O)O)C(=O)[C@@H]2C1. The number of amides is 2. The Bertz CT molecular complexity index is 1180. The van der Waals surface area contributed by atoms with Crippen LogP contribution in [-0.2, 0) is 19.0 Å². The molecular formula is C29H37BBrNO7. The molecule has 10 heteroatoms. The van der Waals surface area contributed by atoms with Gasteiger partial charge in [-0.25, -0.2) is 0 Å². The highest BCUT2D eigenvalue weighted by molar-refractivity contribution is 9.10. The van der Waals surface area contributed by atoms with Gasteiger partial charge in [0.15, 0.2) is 0 Å². The van der Waals surface area contributed by atoms with Crippen LogP contribution in [0.25, 0.3) is 6.08 Å². The first-order chi connectivity index (χ1) is 18.6. The predicted molar refractivity (Wildman–Crippen MR) is 152 cm³/mol. The molecule has 39 heavy (non-hydrogen) atoms. The number of benzene rings is 1. The summed E-state index contributed by atoms with van der Waals surface area (Å²) >= 11 is 3.44. The maximum Gasteiger partial charge on any atom is 0.455 e. The number of carbonyl (C=O) groups excluding carboxylic acids is 2. The van der Waals surface area contributed by atoms with E-state index in [2.05, 4.69) is 22.9 Å². The topological polar surface area (TPSA) is 124 Å². The van der Waals surface area contributed by atoms with Crippen molar-refractivity contribution in [3.05, 3.63) is 45.0 Å². The number of aliphatic carboxylic acids is 1. The van der Waals surface area contributed by atoms with Crippen LogP contribution in [0.4, 0.5) is 0 Å². The molecule has 2 amide bonds. The number of rotatable bonds is 11. The lowest BCUT2D eigenvalue weighted by Gasteiger charge is -2.43. The maximum absolute atomic E-state index is 13.5. The number of allylic oxidation sites excluding steroid dienone is 2. The fourth-order valence-corrected chi connectivity index (χ4v) is 6.83. The van der Waals surface area contributed by atoms with Crippen LogP contribution in [0.5, 0.6) is 5.75 Å². The fraction of sp³-hybridized carbons (Fsp3) is 0.552. The lowest BCUT2D eigenvalue weighted by atomic mass is 9.58. The van der Waals surface area contributed by atoms with Gasteiger partial charge in [0.2, 0.25) is 11.8 Å². The molecule has 0 aromatic heterocycles. The molecule has 1 aromatic carbocycles. The molecule has 2 aliphatic heterocycles. The number of phenols is 1. The second-order valence-electron chi connectivity index (χ2n) is 10.9. The summed E-state index contributed by atoms with van der Waals surface area (Å²) < 4.78 is 6.91. The average molecular weight is 602 g/mol. The molecule has 0 unspecified atom stereocenters. The molecule has 0 radical (unpaired) electrons. The van der Waals surface area contributed by atoms with Crippen LogP contribution in [0.1, 0.15) is 70.8 Å². The highest BCUT2D eigenvalue weighted by atomic mass is 79.9. The van der Waals surface area contributed by atoms with Crippen LogP contribution >= 0.6 is 15.9 Å². The molecule has 0 saturated carbocycles. The van der Waals surface area contributed by atoms with Gasteiger partial charge in [0, 0.05) is 23.0 Å². The Balaban J connectivity index is 1.49. The van der Waals surface area contributed by atoms with Gasteiger partial charge in [-0.2, -0.15) is 0 Å². The molecule has 3 N–H and O–H groups in total. The minimum Gasteiger partial charge on any atom is -0.507 e. The second kappa shape index (κ2) is 12.8. The summed E-state index contributed by atoms with van der Waals surface area (Å²) in [5.74, 6) is -2.09. The van der Waals surface area contributed by atoms with Crippen molar-refractivity contribution >= 4 is 46.9 Å². The molecule has 4 atom stereocenters. The molecule has 2 fully saturated rings. The molecule has 1 aliphatic carbocycles. The lowest BCUT2D eigenvalue weighted by molar-refractivity contribution is -0.141. The first kappa shape index (κ1) is 29.6. The van der Waals surface area contributed by atoms with Gasteiger partial charge in [-0.15, -0.1) is 0 Å².